The van der Waals surface area contributed by atoms with Gasteiger partial charge in [0.1, 0.15) is 4.88 Å². The fourth-order valence-electron chi connectivity index (χ4n) is 1.04. The number of carbonyl (C=O) groups excluding carboxylic acids is 1. The van der Waals surface area contributed by atoms with Crippen LogP contribution >= 0.6 is 11.5 Å². The maximum Gasteiger partial charge on any atom is 0.265 e. The third-order valence-corrected chi connectivity index (χ3v) is 2.56. The van der Waals surface area contributed by atoms with E-state index in [1.54, 1.807) is 0 Å². The van der Waals surface area contributed by atoms with Gasteiger partial charge in [-0.15, -0.1) is 5.10 Å². The van der Waals surface area contributed by atoms with E-state index in [1.165, 1.54) is 0 Å². The number of nitrogens with zero attached hydrogens (tertiary/aromatic N) is 2. The molecule has 0 aromatic carbocycles. The van der Waals surface area contributed by atoms with Gasteiger partial charge in [-0.1, -0.05) is 30.5 Å². The first kappa shape index (κ1) is 11.8. The minimum absolute atomic E-state index is 0.114. The molecule has 0 saturated carbocycles. The lowest BCUT2D eigenvalue weighted by Crippen LogP contribution is -2.25. The highest BCUT2D eigenvalue weighted by atomic mass is 32.1. The van der Waals surface area contributed by atoms with Crippen molar-refractivity contribution in [2.75, 3.05) is 6.54 Å². The Labute approximate surface area is 93.6 Å². The number of rotatable bonds is 4. The molecule has 15 heavy (non-hydrogen) atoms. The normalized spacial score (nSPS) is 10.4. The number of hydrogen-bond acceptors (Lipinski definition) is 4. The molecule has 0 radical (unpaired) electrons. The molecule has 0 saturated heterocycles. The first-order valence-electron chi connectivity index (χ1n) is 4.77. The van der Waals surface area contributed by atoms with Gasteiger partial charge in [0.15, 0.2) is 0 Å². The van der Waals surface area contributed by atoms with Gasteiger partial charge in [0.2, 0.25) is 0 Å². The number of amides is 1. The second kappa shape index (κ2) is 5.02. The maximum absolute atomic E-state index is 11.7. The van der Waals surface area contributed by atoms with E-state index in [9.17, 15) is 4.79 Å². The fraction of sp³-hybridized carbons (Fsp3) is 0.500. The van der Waals surface area contributed by atoms with Crippen molar-refractivity contribution in [1.82, 2.24) is 14.9 Å². The van der Waals surface area contributed by atoms with Crippen LogP contribution < -0.4 is 5.32 Å². The minimum Gasteiger partial charge on any atom is -0.348 e. The van der Waals surface area contributed by atoms with Crippen LogP contribution in [0.15, 0.2) is 12.2 Å². The molecule has 0 bridgehead atoms. The molecular formula is C10H15N3OS. The van der Waals surface area contributed by atoms with E-state index in [-0.39, 0.29) is 11.8 Å². The predicted molar refractivity (Wildman–Crippen MR) is 61.1 cm³/mol. The topological polar surface area (TPSA) is 54.9 Å². The maximum atomic E-state index is 11.7. The van der Waals surface area contributed by atoms with E-state index in [1.807, 2.05) is 20.8 Å². The standard InChI is InChI=1S/C10H15N3OS/c1-6(2)5-11-10(14)9-8(7(3)4)12-13-15-9/h7H,1,5H2,2-4H3,(H,11,14). The summed E-state index contributed by atoms with van der Waals surface area (Å²) in [6, 6.07) is 0. The van der Waals surface area contributed by atoms with Crippen LogP contribution in [0.25, 0.3) is 0 Å². The van der Waals surface area contributed by atoms with Gasteiger partial charge in [-0.25, -0.2) is 0 Å². The molecule has 0 unspecified atom stereocenters. The van der Waals surface area contributed by atoms with E-state index in [0.29, 0.717) is 11.4 Å². The van der Waals surface area contributed by atoms with E-state index >= 15 is 0 Å². The fourth-order valence-corrected chi connectivity index (χ4v) is 1.78. The molecule has 0 aliphatic rings. The third-order valence-electron chi connectivity index (χ3n) is 1.82. The molecule has 1 N–H and O–H groups in total. The van der Waals surface area contributed by atoms with Crippen LogP contribution in [-0.2, 0) is 0 Å². The summed E-state index contributed by atoms with van der Waals surface area (Å²) in [5.41, 5.74) is 1.69. The van der Waals surface area contributed by atoms with Crippen LogP contribution in [0.2, 0.25) is 0 Å². The molecule has 82 valence electrons. The van der Waals surface area contributed by atoms with Crippen molar-refractivity contribution in [2.45, 2.75) is 26.7 Å². The van der Waals surface area contributed by atoms with Crippen LogP contribution in [0.3, 0.4) is 0 Å². The van der Waals surface area contributed by atoms with Crippen LogP contribution in [0.1, 0.15) is 42.1 Å². The third kappa shape index (κ3) is 3.13. The molecule has 4 nitrogen and oxygen atoms in total. The summed E-state index contributed by atoms with van der Waals surface area (Å²) in [6.07, 6.45) is 0. The Morgan fingerprint density at radius 1 is 1.60 bits per heavy atom. The van der Waals surface area contributed by atoms with Gasteiger partial charge in [0.05, 0.1) is 5.69 Å². The van der Waals surface area contributed by atoms with Crippen molar-refractivity contribution in [3.8, 4) is 0 Å². The molecule has 0 spiro atoms. The average molecular weight is 225 g/mol. The lowest BCUT2D eigenvalue weighted by atomic mass is 10.1. The minimum atomic E-state index is -0.114. The van der Waals surface area contributed by atoms with Crippen molar-refractivity contribution < 1.29 is 4.79 Å². The molecule has 1 heterocycles. The summed E-state index contributed by atoms with van der Waals surface area (Å²) in [5, 5.41) is 6.72. The van der Waals surface area contributed by atoms with Crippen LogP contribution in [0.5, 0.6) is 0 Å². The summed E-state index contributed by atoms with van der Waals surface area (Å²) < 4.78 is 3.80. The van der Waals surface area contributed by atoms with Crippen LogP contribution in [0, 0.1) is 0 Å². The largest absolute Gasteiger partial charge is 0.348 e. The highest BCUT2D eigenvalue weighted by Gasteiger charge is 2.17. The van der Waals surface area contributed by atoms with Gasteiger partial charge >= 0.3 is 0 Å². The van der Waals surface area contributed by atoms with Gasteiger partial charge in [-0.2, -0.15) is 0 Å². The second-order valence-electron chi connectivity index (χ2n) is 3.78. The van der Waals surface area contributed by atoms with Gasteiger partial charge in [0, 0.05) is 6.54 Å². The Morgan fingerprint density at radius 2 is 2.27 bits per heavy atom. The quantitative estimate of drug-likeness (QED) is 0.797. The van der Waals surface area contributed by atoms with E-state index in [2.05, 4.69) is 21.5 Å². The summed E-state index contributed by atoms with van der Waals surface area (Å²) in [6.45, 7) is 10.1. The molecule has 5 heteroatoms. The number of aromatic nitrogens is 2. The lowest BCUT2D eigenvalue weighted by molar-refractivity contribution is 0.0959. The molecule has 1 aromatic heterocycles. The average Bonchev–Trinajstić information content (AvgIpc) is 2.62. The number of nitrogens with one attached hydrogen (secondary N) is 1. The smallest absolute Gasteiger partial charge is 0.265 e. The second-order valence-corrected chi connectivity index (χ2v) is 4.54. The molecule has 0 aliphatic heterocycles. The molecule has 1 rings (SSSR count). The van der Waals surface area contributed by atoms with Crippen molar-refractivity contribution in [2.24, 2.45) is 0 Å². The Balaban J connectivity index is 2.73. The Morgan fingerprint density at radius 3 is 2.80 bits per heavy atom. The predicted octanol–water partition coefficient (Wildman–Crippen LogP) is 1.97. The van der Waals surface area contributed by atoms with E-state index < -0.39 is 0 Å². The van der Waals surface area contributed by atoms with Crippen LogP contribution in [0.4, 0.5) is 0 Å². The summed E-state index contributed by atoms with van der Waals surface area (Å²) in [7, 11) is 0. The molecule has 0 atom stereocenters. The summed E-state index contributed by atoms with van der Waals surface area (Å²) in [5.74, 6) is 0.103. The summed E-state index contributed by atoms with van der Waals surface area (Å²) in [4.78, 5) is 12.3. The Bertz CT molecular complexity index is 370. The van der Waals surface area contributed by atoms with Crippen molar-refractivity contribution >= 4 is 17.4 Å². The first-order chi connectivity index (χ1) is 7.02. The van der Waals surface area contributed by atoms with Crippen LogP contribution in [-0.4, -0.2) is 22.0 Å². The van der Waals surface area contributed by atoms with Gasteiger partial charge in [0.25, 0.3) is 5.91 Å². The van der Waals surface area contributed by atoms with E-state index in [4.69, 9.17) is 0 Å². The summed E-state index contributed by atoms with van der Waals surface area (Å²) >= 11 is 1.13. The number of carbonyl (C=O) groups is 1. The Hall–Kier alpha value is -1.23. The van der Waals surface area contributed by atoms with Gasteiger partial charge in [-0.05, 0) is 24.4 Å². The molecule has 0 aliphatic carbocycles. The monoisotopic (exact) mass is 225 g/mol. The highest BCUT2D eigenvalue weighted by Crippen LogP contribution is 2.19. The zero-order chi connectivity index (χ0) is 11.4. The van der Waals surface area contributed by atoms with Gasteiger partial charge < -0.3 is 5.32 Å². The van der Waals surface area contributed by atoms with E-state index in [0.717, 1.165) is 22.8 Å². The van der Waals surface area contributed by atoms with Crippen molar-refractivity contribution in [3.63, 3.8) is 0 Å². The van der Waals surface area contributed by atoms with Crippen molar-refractivity contribution in [1.29, 1.82) is 0 Å². The molecule has 0 fully saturated rings. The molecule has 1 aromatic rings. The SMILES string of the molecule is C=C(C)CNC(=O)c1snnc1C(C)C. The number of hydrogen-bond donors (Lipinski definition) is 1. The van der Waals surface area contributed by atoms with Crippen molar-refractivity contribution in [3.05, 3.63) is 22.7 Å². The Kier molecular flexibility index (Phi) is 3.96. The molecular weight excluding hydrogens is 210 g/mol. The van der Waals surface area contributed by atoms with Gasteiger partial charge in [-0.3, -0.25) is 4.79 Å². The first-order valence-corrected chi connectivity index (χ1v) is 5.54. The highest BCUT2D eigenvalue weighted by molar-refractivity contribution is 7.08. The zero-order valence-corrected chi connectivity index (χ0v) is 10.0. The lowest BCUT2D eigenvalue weighted by Gasteiger charge is -2.05. The zero-order valence-electron chi connectivity index (χ0n) is 9.20. The molecule has 1 amide bonds.